The predicted molar refractivity (Wildman–Crippen MR) is 45.6 cm³/mol. The number of rotatable bonds is 5. The Morgan fingerprint density at radius 2 is 2.20 bits per heavy atom. The van der Waals surface area contributed by atoms with Gasteiger partial charge in [-0.25, -0.2) is 0 Å². The monoisotopic (exact) mass is 139 g/mol. The molecule has 0 heterocycles. The molecule has 0 bridgehead atoms. The molecule has 0 amide bonds. The van der Waals surface area contributed by atoms with Crippen molar-refractivity contribution in [2.75, 3.05) is 6.54 Å². The summed E-state index contributed by atoms with van der Waals surface area (Å²) in [5.41, 5.74) is 0.623. The molecule has 0 N–H and O–H groups in total. The van der Waals surface area contributed by atoms with Gasteiger partial charge in [-0.2, -0.15) is 0 Å². The summed E-state index contributed by atoms with van der Waals surface area (Å²) >= 11 is 0. The molecule has 1 aliphatic carbocycles. The summed E-state index contributed by atoms with van der Waals surface area (Å²) < 4.78 is 0. The average Bonchev–Trinajstić information content (AvgIpc) is 2.67. The van der Waals surface area contributed by atoms with E-state index in [2.05, 4.69) is 18.6 Å². The van der Waals surface area contributed by atoms with E-state index in [1.807, 2.05) is 0 Å². The minimum Gasteiger partial charge on any atom is -0.300 e. The largest absolute Gasteiger partial charge is 0.300 e. The third-order valence-electron chi connectivity index (χ3n) is 2.46. The Kier molecular flexibility index (Phi) is 2.47. The molecule has 0 atom stereocenters. The fourth-order valence-corrected chi connectivity index (χ4v) is 1.45. The molecule has 0 aliphatic heterocycles. The summed E-state index contributed by atoms with van der Waals surface area (Å²) in [4.78, 5) is 3.97. The smallest absolute Gasteiger partial charge is 0.0438 e. The third-order valence-corrected chi connectivity index (χ3v) is 2.46. The maximum atomic E-state index is 3.97. The highest BCUT2D eigenvalue weighted by molar-refractivity contribution is 5.24. The zero-order valence-corrected chi connectivity index (χ0v) is 6.90. The second-order valence-corrected chi connectivity index (χ2v) is 3.49. The van der Waals surface area contributed by atoms with E-state index in [9.17, 15) is 0 Å². The third kappa shape index (κ3) is 1.83. The number of hydrogen-bond donors (Lipinski definition) is 0. The maximum absolute atomic E-state index is 3.97. The van der Waals surface area contributed by atoms with Gasteiger partial charge in [0.2, 0.25) is 0 Å². The van der Waals surface area contributed by atoms with Crippen molar-refractivity contribution >= 4 is 6.72 Å². The van der Waals surface area contributed by atoms with Crippen LogP contribution in [0.4, 0.5) is 0 Å². The molecular weight excluding hydrogens is 122 g/mol. The number of hydrogen-bond acceptors (Lipinski definition) is 1. The minimum atomic E-state index is 0.623. The van der Waals surface area contributed by atoms with Crippen LogP contribution in [0.25, 0.3) is 0 Å². The molecule has 58 valence electrons. The lowest BCUT2D eigenvalue weighted by molar-refractivity contribution is 0.458. The van der Waals surface area contributed by atoms with Crippen LogP contribution in [-0.4, -0.2) is 13.3 Å². The highest BCUT2D eigenvalue weighted by atomic mass is 14.7. The number of nitrogens with zero attached hydrogens (tertiary/aromatic N) is 1. The SMILES string of the molecule is C=NCC1(CCCC)CC1. The Bertz CT molecular complexity index is 114. The maximum Gasteiger partial charge on any atom is 0.0438 e. The van der Waals surface area contributed by atoms with Crippen molar-refractivity contribution < 1.29 is 0 Å². The first-order valence-corrected chi connectivity index (χ1v) is 4.25. The Hall–Kier alpha value is -0.330. The highest BCUT2D eigenvalue weighted by Crippen LogP contribution is 2.49. The van der Waals surface area contributed by atoms with Crippen LogP contribution in [0.15, 0.2) is 4.99 Å². The molecule has 0 saturated heterocycles. The number of unbranched alkanes of at least 4 members (excludes halogenated alkanes) is 1. The molecule has 10 heavy (non-hydrogen) atoms. The van der Waals surface area contributed by atoms with Gasteiger partial charge in [0.15, 0.2) is 0 Å². The molecule has 1 saturated carbocycles. The van der Waals surface area contributed by atoms with Gasteiger partial charge in [-0.3, -0.25) is 0 Å². The molecule has 0 aromatic rings. The molecule has 0 spiro atoms. The number of aliphatic imine (C=N–C) groups is 1. The lowest BCUT2D eigenvalue weighted by atomic mass is 10.00. The molecule has 0 unspecified atom stereocenters. The molecule has 0 aromatic heterocycles. The molecule has 0 radical (unpaired) electrons. The normalized spacial score (nSPS) is 20.5. The molecule has 1 aliphatic rings. The summed E-state index contributed by atoms with van der Waals surface area (Å²) in [6.07, 6.45) is 6.86. The molecular formula is C9H17N. The first-order valence-electron chi connectivity index (χ1n) is 4.25. The predicted octanol–water partition coefficient (Wildman–Crippen LogP) is 2.66. The second-order valence-electron chi connectivity index (χ2n) is 3.49. The van der Waals surface area contributed by atoms with Crippen molar-refractivity contribution in [3.05, 3.63) is 0 Å². The average molecular weight is 139 g/mol. The lowest BCUT2D eigenvalue weighted by Gasteiger charge is -2.09. The van der Waals surface area contributed by atoms with E-state index in [0.29, 0.717) is 5.41 Å². The molecule has 1 rings (SSSR count). The second kappa shape index (κ2) is 3.18. The molecule has 1 fully saturated rings. The topological polar surface area (TPSA) is 12.4 Å². The van der Waals surface area contributed by atoms with Gasteiger partial charge in [-0.05, 0) is 31.4 Å². The van der Waals surface area contributed by atoms with E-state index in [-0.39, 0.29) is 0 Å². The first kappa shape index (κ1) is 7.77. The van der Waals surface area contributed by atoms with Crippen LogP contribution in [0.2, 0.25) is 0 Å². The Balaban J connectivity index is 2.16. The summed E-state index contributed by atoms with van der Waals surface area (Å²) in [5, 5.41) is 0. The van der Waals surface area contributed by atoms with Gasteiger partial charge in [0, 0.05) is 6.54 Å². The highest BCUT2D eigenvalue weighted by Gasteiger charge is 2.40. The summed E-state index contributed by atoms with van der Waals surface area (Å²) in [5.74, 6) is 0. The van der Waals surface area contributed by atoms with Gasteiger partial charge >= 0.3 is 0 Å². The van der Waals surface area contributed by atoms with Gasteiger partial charge in [-0.1, -0.05) is 19.8 Å². The quantitative estimate of drug-likeness (QED) is 0.519. The molecule has 1 nitrogen and oxygen atoms in total. The van der Waals surface area contributed by atoms with Crippen LogP contribution >= 0.6 is 0 Å². The lowest BCUT2D eigenvalue weighted by Crippen LogP contribution is -2.03. The van der Waals surface area contributed by atoms with E-state index in [4.69, 9.17) is 0 Å². The molecule has 0 aromatic carbocycles. The fourth-order valence-electron chi connectivity index (χ4n) is 1.45. The van der Waals surface area contributed by atoms with Crippen molar-refractivity contribution in [2.45, 2.75) is 39.0 Å². The molecule has 1 heteroatoms. The van der Waals surface area contributed by atoms with Crippen molar-refractivity contribution in [1.82, 2.24) is 0 Å². The van der Waals surface area contributed by atoms with E-state index >= 15 is 0 Å². The summed E-state index contributed by atoms with van der Waals surface area (Å²) in [7, 11) is 0. The van der Waals surface area contributed by atoms with Gasteiger partial charge in [0.1, 0.15) is 0 Å². The van der Waals surface area contributed by atoms with Crippen molar-refractivity contribution in [3.63, 3.8) is 0 Å². The van der Waals surface area contributed by atoms with Crippen molar-refractivity contribution in [2.24, 2.45) is 10.4 Å². The van der Waals surface area contributed by atoms with Crippen LogP contribution < -0.4 is 0 Å². The van der Waals surface area contributed by atoms with E-state index < -0.39 is 0 Å². The van der Waals surface area contributed by atoms with Crippen molar-refractivity contribution in [3.8, 4) is 0 Å². The van der Waals surface area contributed by atoms with Crippen LogP contribution in [0.5, 0.6) is 0 Å². The Morgan fingerprint density at radius 3 is 2.60 bits per heavy atom. The first-order chi connectivity index (χ1) is 4.83. The van der Waals surface area contributed by atoms with Gasteiger partial charge < -0.3 is 4.99 Å². The van der Waals surface area contributed by atoms with E-state index in [0.717, 1.165) is 6.54 Å². The van der Waals surface area contributed by atoms with E-state index in [1.165, 1.54) is 32.1 Å². The van der Waals surface area contributed by atoms with Crippen LogP contribution in [0.1, 0.15) is 39.0 Å². The minimum absolute atomic E-state index is 0.623. The summed E-state index contributed by atoms with van der Waals surface area (Å²) in [6.45, 7) is 6.80. The van der Waals surface area contributed by atoms with Crippen LogP contribution in [-0.2, 0) is 0 Å². The van der Waals surface area contributed by atoms with E-state index in [1.54, 1.807) is 0 Å². The van der Waals surface area contributed by atoms with Gasteiger partial charge in [-0.15, -0.1) is 0 Å². The summed E-state index contributed by atoms with van der Waals surface area (Å²) in [6, 6.07) is 0. The van der Waals surface area contributed by atoms with Gasteiger partial charge in [0.25, 0.3) is 0 Å². The zero-order chi connectivity index (χ0) is 7.45. The fraction of sp³-hybridized carbons (Fsp3) is 0.889. The van der Waals surface area contributed by atoms with Gasteiger partial charge in [0.05, 0.1) is 0 Å². The zero-order valence-electron chi connectivity index (χ0n) is 6.90. The van der Waals surface area contributed by atoms with Crippen LogP contribution in [0.3, 0.4) is 0 Å². The van der Waals surface area contributed by atoms with Crippen LogP contribution in [0, 0.1) is 5.41 Å². The van der Waals surface area contributed by atoms with Crippen molar-refractivity contribution in [1.29, 1.82) is 0 Å². The Labute approximate surface area is 63.5 Å². The standard InChI is InChI=1S/C9H17N/c1-3-4-5-9(6-7-9)8-10-2/h2-8H2,1H3. The Morgan fingerprint density at radius 1 is 1.50 bits per heavy atom.